The number of aryl methyl sites for hydroxylation is 2. The summed E-state index contributed by atoms with van der Waals surface area (Å²) in [5.74, 6) is 0.208. The fraction of sp³-hybridized carbons (Fsp3) is 0.182. The molecule has 0 bridgehead atoms. The molecule has 0 unspecified atom stereocenters. The monoisotopic (exact) mass is 293 g/mol. The van der Waals surface area contributed by atoms with E-state index >= 15 is 0 Å². The van der Waals surface area contributed by atoms with Crippen molar-refractivity contribution in [3.8, 4) is 6.19 Å². The number of hydrogen-bond acceptors (Lipinski definition) is 4. The topological polar surface area (TPSA) is 101 Å². The number of nitrogens with two attached hydrogens (primary N) is 2. The molecule has 0 fully saturated rings. The Morgan fingerprint density at radius 2 is 2.24 bits per heavy atom. The van der Waals surface area contributed by atoms with E-state index in [1.807, 2.05) is 19.9 Å². The molecule has 6 heteroatoms. The molecule has 0 atom stereocenters. The van der Waals surface area contributed by atoms with Crippen molar-refractivity contribution < 1.29 is 0 Å². The van der Waals surface area contributed by atoms with Gasteiger partial charge in [0, 0.05) is 0 Å². The molecule has 86 valence electrons. The zero-order valence-electron chi connectivity index (χ0n) is 9.48. The molecule has 2 aromatic rings. The van der Waals surface area contributed by atoms with Crippen LogP contribution in [-0.4, -0.2) is 25.3 Å². The van der Waals surface area contributed by atoms with Gasteiger partial charge in [0.2, 0.25) is 0 Å². The minimum atomic E-state index is -0.0688. The van der Waals surface area contributed by atoms with Crippen LogP contribution in [0.5, 0.6) is 0 Å². The first kappa shape index (κ1) is 11.6. The van der Waals surface area contributed by atoms with Gasteiger partial charge < -0.3 is 0 Å². The van der Waals surface area contributed by atoms with Crippen LogP contribution in [0, 0.1) is 25.3 Å². The van der Waals surface area contributed by atoms with Crippen LogP contribution in [0.4, 0.5) is 5.69 Å². The first-order valence-corrected chi connectivity index (χ1v) is 6.64. The predicted molar refractivity (Wildman–Crippen MR) is 68.9 cm³/mol. The van der Waals surface area contributed by atoms with E-state index in [0.29, 0.717) is 5.69 Å². The second-order valence-electron chi connectivity index (χ2n) is 3.70. The molecule has 0 amide bonds. The van der Waals surface area contributed by atoms with Crippen molar-refractivity contribution in [1.82, 2.24) is 4.98 Å². The van der Waals surface area contributed by atoms with E-state index in [2.05, 4.69) is 9.98 Å². The van der Waals surface area contributed by atoms with Gasteiger partial charge in [-0.1, -0.05) is 0 Å². The SMILES string of the molecule is Cc1cc(C)c2c(N)c(C(N)=NC#N)[se]c2n1. The summed E-state index contributed by atoms with van der Waals surface area (Å²) >= 11 is -0.0688. The van der Waals surface area contributed by atoms with Crippen molar-refractivity contribution in [1.29, 1.82) is 5.26 Å². The predicted octanol–water partition coefficient (Wildman–Crippen LogP) is 0.677. The first-order chi connectivity index (χ1) is 8.04. The van der Waals surface area contributed by atoms with Gasteiger partial charge in [0.15, 0.2) is 0 Å². The van der Waals surface area contributed by atoms with E-state index in [4.69, 9.17) is 16.7 Å². The van der Waals surface area contributed by atoms with Crippen LogP contribution < -0.4 is 11.5 Å². The van der Waals surface area contributed by atoms with Gasteiger partial charge in [-0.05, 0) is 0 Å². The Labute approximate surface area is 105 Å². The summed E-state index contributed by atoms with van der Waals surface area (Å²) in [6, 6.07) is 1.99. The van der Waals surface area contributed by atoms with Crippen molar-refractivity contribution in [2.75, 3.05) is 5.73 Å². The Kier molecular flexibility index (Phi) is 2.88. The van der Waals surface area contributed by atoms with E-state index in [9.17, 15) is 0 Å². The summed E-state index contributed by atoms with van der Waals surface area (Å²) < 4.78 is 1.73. The van der Waals surface area contributed by atoms with E-state index in [-0.39, 0.29) is 20.3 Å². The van der Waals surface area contributed by atoms with Gasteiger partial charge in [-0.2, -0.15) is 0 Å². The molecule has 17 heavy (non-hydrogen) atoms. The van der Waals surface area contributed by atoms with Crippen LogP contribution in [0.25, 0.3) is 9.78 Å². The molecule has 0 saturated carbocycles. The number of aromatic nitrogens is 1. The zero-order chi connectivity index (χ0) is 12.6. The number of nitrogens with zero attached hydrogens (tertiary/aromatic N) is 3. The molecular weight excluding hydrogens is 281 g/mol. The molecule has 2 aromatic heterocycles. The average Bonchev–Trinajstić information content (AvgIpc) is 2.56. The first-order valence-electron chi connectivity index (χ1n) is 4.93. The van der Waals surface area contributed by atoms with Crippen LogP contribution >= 0.6 is 0 Å². The van der Waals surface area contributed by atoms with E-state index in [1.54, 1.807) is 6.19 Å². The number of hydrogen-bond donors (Lipinski definition) is 2. The van der Waals surface area contributed by atoms with Gasteiger partial charge in [-0.15, -0.1) is 0 Å². The molecule has 0 aliphatic heterocycles. The van der Waals surface area contributed by atoms with Gasteiger partial charge in [0.05, 0.1) is 0 Å². The maximum absolute atomic E-state index is 8.51. The minimum absolute atomic E-state index is 0.0688. The van der Waals surface area contributed by atoms with Gasteiger partial charge in [0.1, 0.15) is 0 Å². The summed E-state index contributed by atoms with van der Waals surface area (Å²) in [5.41, 5.74) is 14.5. The molecule has 4 N–H and O–H groups in total. The van der Waals surface area contributed by atoms with Crippen molar-refractivity contribution in [2.45, 2.75) is 13.8 Å². The third-order valence-corrected chi connectivity index (χ3v) is 4.78. The summed E-state index contributed by atoms with van der Waals surface area (Å²) in [5, 5.41) is 9.47. The van der Waals surface area contributed by atoms with Crippen molar-refractivity contribution in [3.05, 3.63) is 21.8 Å². The molecule has 0 radical (unpaired) electrons. The molecule has 0 saturated heterocycles. The van der Waals surface area contributed by atoms with E-state index in [0.717, 1.165) is 25.5 Å². The second-order valence-corrected chi connectivity index (χ2v) is 5.80. The maximum atomic E-state index is 8.51. The van der Waals surface area contributed by atoms with E-state index in [1.165, 1.54) is 0 Å². The Bertz CT molecular complexity index is 663. The Balaban J connectivity index is 2.78. The fourth-order valence-corrected chi connectivity index (χ4v) is 4.11. The standard InChI is InChI=1S/C11H11N5Se/c1-5-3-6(2)16-11-7(5)8(13)9(17-11)10(14)15-4-12/h3H,13H2,1-2H3,(H2,14,15). The van der Waals surface area contributed by atoms with Crippen molar-refractivity contribution in [2.24, 2.45) is 10.7 Å². The molecule has 2 rings (SSSR count). The number of fused-ring (bicyclic) bond motifs is 1. The summed E-state index contributed by atoms with van der Waals surface area (Å²) in [7, 11) is 0. The number of anilines is 1. The fourth-order valence-electron chi connectivity index (χ4n) is 1.76. The van der Waals surface area contributed by atoms with Crippen LogP contribution in [0.15, 0.2) is 11.1 Å². The summed E-state index contributed by atoms with van der Waals surface area (Å²) in [6.45, 7) is 3.95. The third-order valence-electron chi connectivity index (χ3n) is 2.43. The Morgan fingerprint density at radius 1 is 1.53 bits per heavy atom. The molecule has 0 aliphatic carbocycles. The quantitative estimate of drug-likeness (QED) is 0.349. The Morgan fingerprint density at radius 3 is 2.88 bits per heavy atom. The van der Waals surface area contributed by atoms with Crippen LogP contribution in [0.3, 0.4) is 0 Å². The van der Waals surface area contributed by atoms with E-state index < -0.39 is 0 Å². The molecular formula is C11H11N5Se. The number of nitrogen functional groups attached to an aromatic ring is 1. The van der Waals surface area contributed by atoms with Gasteiger partial charge in [-0.25, -0.2) is 0 Å². The summed E-state index contributed by atoms with van der Waals surface area (Å²) in [4.78, 5) is 8.01. The van der Waals surface area contributed by atoms with Gasteiger partial charge >= 0.3 is 104 Å². The van der Waals surface area contributed by atoms with Crippen molar-refractivity contribution in [3.63, 3.8) is 0 Å². The number of nitriles is 1. The summed E-state index contributed by atoms with van der Waals surface area (Å²) in [6.07, 6.45) is 1.68. The van der Waals surface area contributed by atoms with Crippen LogP contribution in [0.1, 0.15) is 15.7 Å². The number of aliphatic imine (C=N–C) groups is 1. The molecule has 5 nitrogen and oxygen atoms in total. The average molecular weight is 292 g/mol. The molecule has 0 aromatic carbocycles. The number of rotatable bonds is 1. The van der Waals surface area contributed by atoms with Crippen LogP contribution in [0.2, 0.25) is 0 Å². The number of pyridine rings is 1. The van der Waals surface area contributed by atoms with Gasteiger partial charge in [-0.3, -0.25) is 0 Å². The number of amidine groups is 1. The molecule has 2 heterocycles. The molecule has 0 spiro atoms. The second kappa shape index (κ2) is 4.21. The van der Waals surface area contributed by atoms with Gasteiger partial charge in [0.25, 0.3) is 0 Å². The normalized spacial score (nSPS) is 11.7. The van der Waals surface area contributed by atoms with Crippen molar-refractivity contribution >= 4 is 35.8 Å². The Hall–Kier alpha value is -1.83. The third kappa shape index (κ3) is 1.91. The zero-order valence-corrected chi connectivity index (χ0v) is 11.2. The van der Waals surface area contributed by atoms with Crippen LogP contribution in [-0.2, 0) is 0 Å². The molecule has 0 aliphatic rings.